The third-order valence-electron chi connectivity index (χ3n) is 2.00. The normalized spacial score (nSPS) is 18.8. The van der Waals surface area contributed by atoms with Crippen molar-refractivity contribution in [3.8, 4) is 0 Å². The van der Waals surface area contributed by atoms with E-state index in [0.717, 1.165) is 25.9 Å². The van der Waals surface area contributed by atoms with Gasteiger partial charge in [0.1, 0.15) is 6.10 Å². The van der Waals surface area contributed by atoms with Crippen LogP contribution in [0.3, 0.4) is 0 Å². The van der Waals surface area contributed by atoms with Gasteiger partial charge in [-0.3, -0.25) is 4.79 Å². The fourth-order valence-corrected chi connectivity index (χ4v) is 1.34. The Morgan fingerprint density at radius 1 is 1.31 bits per heavy atom. The number of carbonyl (C=O) groups is 1. The Balaban J connectivity index is 0.000000671. The summed E-state index contributed by atoms with van der Waals surface area (Å²) < 4.78 is 5.07. The molecule has 3 nitrogen and oxygen atoms in total. The monoisotopic (exact) mass is 187 g/mol. The number of piperidine rings is 1. The second kappa shape index (κ2) is 6.89. The maximum atomic E-state index is 10.6. The lowest BCUT2D eigenvalue weighted by molar-refractivity contribution is -0.148. The zero-order chi connectivity index (χ0) is 10.3. The molecule has 1 aliphatic heterocycles. The molecule has 13 heavy (non-hydrogen) atoms. The van der Waals surface area contributed by atoms with Crippen molar-refractivity contribution in [3.05, 3.63) is 0 Å². The molecule has 0 aromatic rings. The summed E-state index contributed by atoms with van der Waals surface area (Å²) in [7, 11) is 2.09. The van der Waals surface area contributed by atoms with E-state index in [2.05, 4.69) is 11.9 Å². The SMILES string of the molecule is CC.CC(=O)OC1CCN(C)CC1. The van der Waals surface area contributed by atoms with Crippen molar-refractivity contribution < 1.29 is 9.53 Å². The van der Waals surface area contributed by atoms with Crippen molar-refractivity contribution in [2.24, 2.45) is 0 Å². The van der Waals surface area contributed by atoms with E-state index in [0.29, 0.717) is 0 Å². The zero-order valence-corrected chi connectivity index (χ0v) is 9.17. The van der Waals surface area contributed by atoms with Crippen molar-refractivity contribution in [2.75, 3.05) is 20.1 Å². The average Bonchev–Trinajstić information content (AvgIpc) is 2.12. The first-order valence-corrected chi connectivity index (χ1v) is 5.04. The molecule has 1 saturated heterocycles. The highest BCUT2D eigenvalue weighted by atomic mass is 16.5. The Labute approximate surface area is 81.1 Å². The minimum absolute atomic E-state index is 0.153. The summed E-state index contributed by atoms with van der Waals surface area (Å²) in [5, 5.41) is 0. The van der Waals surface area contributed by atoms with Crippen LogP contribution >= 0.6 is 0 Å². The molecular weight excluding hydrogens is 166 g/mol. The van der Waals surface area contributed by atoms with Crippen molar-refractivity contribution in [3.63, 3.8) is 0 Å². The lowest BCUT2D eigenvalue weighted by Crippen LogP contribution is -2.34. The third kappa shape index (κ3) is 5.64. The smallest absolute Gasteiger partial charge is 0.302 e. The van der Waals surface area contributed by atoms with Gasteiger partial charge in [0, 0.05) is 20.0 Å². The van der Waals surface area contributed by atoms with Crippen LogP contribution in [-0.4, -0.2) is 37.1 Å². The summed E-state index contributed by atoms with van der Waals surface area (Å²) >= 11 is 0. The Morgan fingerprint density at radius 3 is 2.15 bits per heavy atom. The van der Waals surface area contributed by atoms with Crippen LogP contribution in [0.4, 0.5) is 0 Å². The van der Waals surface area contributed by atoms with Gasteiger partial charge >= 0.3 is 5.97 Å². The van der Waals surface area contributed by atoms with Crippen LogP contribution in [-0.2, 0) is 9.53 Å². The number of hydrogen-bond acceptors (Lipinski definition) is 3. The fraction of sp³-hybridized carbons (Fsp3) is 0.900. The van der Waals surface area contributed by atoms with Crippen LogP contribution in [0.1, 0.15) is 33.6 Å². The Bertz CT molecular complexity index is 140. The van der Waals surface area contributed by atoms with E-state index in [1.165, 1.54) is 6.92 Å². The Hall–Kier alpha value is -0.570. The van der Waals surface area contributed by atoms with Gasteiger partial charge in [-0.05, 0) is 19.9 Å². The number of esters is 1. The topological polar surface area (TPSA) is 29.5 Å². The number of nitrogens with zero attached hydrogens (tertiary/aromatic N) is 1. The average molecular weight is 187 g/mol. The summed E-state index contributed by atoms with van der Waals surface area (Å²) in [4.78, 5) is 12.8. The van der Waals surface area contributed by atoms with Crippen molar-refractivity contribution in [1.29, 1.82) is 0 Å². The minimum atomic E-state index is -0.153. The number of likely N-dealkylation sites (tertiary alicyclic amines) is 1. The lowest BCUT2D eigenvalue weighted by atomic mass is 10.1. The van der Waals surface area contributed by atoms with Crippen molar-refractivity contribution in [2.45, 2.75) is 39.7 Å². The van der Waals surface area contributed by atoms with Gasteiger partial charge in [0.15, 0.2) is 0 Å². The summed E-state index contributed by atoms with van der Waals surface area (Å²) in [6.45, 7) is 7.55. The molecule has 0 radical (unpaired) electrons. The molecule has 3 heteroatoms. The van der Waals surface area contributed by atoms with E-state index in [4.69, 9.17) is 4.74 Å². The van der Waals surface area contributed by atoms with Gasteiger partial charge in [0.05, 0.1) is 0 Å². The highest BCUT2D eigenvalue weighted by Crippen LogP contribution is 2.11. The molecule has 0 saturated carbocycles. The molecule has 0 unspecified atom stereocenters. The van der Waals surface area contributed by atoms with Crippen LogP contribution in [0.5, 0.6) is 0 Å². The molecular formula is C10H21NO2. The van der Waals surface area contributed by atoms with Gasteiger partial charge in [-0.25, -0.2) is 0 Å². The van der Waals surface area contributed by atoms with Crippen LogP contribution in [0.25, 0.3) is 0 Å². The summed E-state index contributed by atoms with van der Waals surface area (Å²) in [5.41, 5.74) is 0. The van der Waals surface area contributed by atoms with E-state index in [1.807, 2.05) is 13.8 Å². The molecule has 78 valence electrons. The Morgan fingerprint density at radius 2 is 1.77 bits per heavy atom. The first-order valence-electron chi connectivity index (χ1n) is 5.04. The predicted octanol–water partition coefficient (Wildman–Crippen LogP) is 1.67. The largest absolute Gasteiger partial charge is 0.462 e. The highest BCUT2D eigenvalue weighted by molar-refractivity contribution is 5.66. The zero-order valence-electron chi connectivity index (χ0n) is 9.17. The van der Waals surface area contributed by atoms with Crippen molar-refractivity contribution in [1.82, 2.24) is 4.90 Å². The summed E-state index contributed by atoms with van der Waals surface area (Å²) in [6, 6.07) is 0. The maximum absolute atomic E-state index is 10.6. The molecule has 0 aromatic carbocycles. The minimum Gasteiger partial charge on any atom is -0.462 e. The number of carbonyl (C=O) groups excluding carboxylic acids is 1. The molecule has 0 N–H and O–H groups in total. The molecule has 1 fully saturated rings. The van der Waals surface area contributed by atoms with E-state index in [9.17, 15) is 4.79 Å². The fourth-order valence-electron chi connectivity index (χ4n) is 1.34. The van der Waals surface area contributed by atoms with E-state index in [1.54, 1.807) is 0 Å². The van der Waals surface area contributed by atoms with E-state index >= 15 is 0 Å². The van der Waals surface area contributed by atoms with Crippen LogP contribution in [0.2, 0.25) is 0 Å². The standard InChI is InChI=1S/C8H15NO2.C2H6/c1-7(10)11-8-3-5-9(2)6-4-8;1-2/h8H,3-6H2,1-2H3;1-2H3. The third-order valence-corrected chi connectivity index (χ3v) is 2.00. The number of ether oxygens (including phenoxy) is 1. The molecule has 1 rings (SSSR count). The molecule has 0 aromatic heterocycles. The van der Waals surface area contributed by atoms with Gasteiger partial charge in [0.2, 0.25) is 0 Å². The van der Waals surface area contributed by atoms with E-state index in [-0.39, 0.29) is 12.1 Å². The predicted molar refractivity (Wildman–Crippen MR) is 53.6 cm³/mol. The van der Waals surface area contributed by atoms with Gasteiger partial charge in [0.25, 0.3) is 0 Å². The number of hydrogen-bond donors (Lipinski definition) is 0. The van der Waals surface area contributed by atoms with Crippen LogP contribution in [0, 0.1) is 0 Å². The highest BCUT2D eigenvalue weighted by Gasteiger charge is 2.18. The molecule has 0 bridgehead atoms. The van der Waals surface area contributed by atoms with Gasteiger partial charge in [-0.15, -0.1) is 0 Å². The van der Waals surface area contributed by atoms with Crippen LogP contribution in [0.15, 0.2) is 0 Å². The summed E-state index contributed by atoms with van der Waals surface area (Å²) in [6.07, 6.45) is 2.13. The quantitative estimate of drug-likeness (QED) is 0.585. The lowest BCUT2D eigenvalue weighted by Gasteiger charge is -2.28. The second-order valence-corrected chi connectivity index (χ2v) is 3.11. The van der Waals surface area contributed by atoms with Crippen LogP contribution < -0.4 is 0 Å². The molecule has 0 atom stereocenters. The van der Waals surface area contributed by atoms with E-state index < -0.39 is 0 Å². The second-order valence-electron chi connectivity index (χ2n) is 3.11. The van der Waals surface area contributed by atoms with Gasteiger partial charge < -0.3 is 9.64 Å². The first kappa shape index (κ1) is 12.4. The molecule has 1 aliphatic rings. The molecule has 0 spiro atoms. The van der Waals surface area contributed by atoms with Crippen molar-refractivity contribution >= 4 is 5.97 Å². The van der Waals surface area contributed by atoms with Gasteiger partial charge in [-0.2, -0.15) is 0 Å². The van der Waals surface area contributed by atoms with Gasteiger partial charge in [-0.1, -0.05) is 13.8 Å². The molecule has 0 amide bonds. The first-order chi connectivity index (χ1) is 6.18. The summed E-state index contributed by atoms with van der Waals surface area (Å²) in [5.74, 6) is -0.153. The molecule has 1 heterocycles. The molecule has 0 aliphatic carbocycles. The Kier molecular flexibility index (Phi) is 6.59. The maximum Gasteiger partial charge on any atom is 0.302 e. The number of rotatable bonds is 1.